The second-order valence-corrected chi connectivity index (χ2v) is 7.80. The Labute approximate surface area is 131 Å². The summed E-state index contributed by atoms with van der Waals surface area (Å²) in [5.74, 6) is 0.645. The highest BCUT2D eigenvalue weighted by atomic mass is 16.6. The number of ether oxygens (including phenoxy) is 2. The lowest BCUT2D eigenvalue weighted by atomic mass is 9.87. The largest absolute Gasteiger partial charge is 0.447 e. The van der Waals surface area contributed by atoms with Crippen molar-refractivity contribution in [1.29, 1.82) is 0 Å². The molecule has 2 saturated heterocycles. The standard InChI is InChI=1S/C16H26N2O4/c1-15(2,3)22-13(19)17-8-6-16(7-9-17)11-21-14(20)18(16)10-12-4-5-12/h12H,4-11H2,1-3H3. The Morgan fingerprint density at radius 2 is 1.95 bits per heavy atom. The molecule has 0 aromatic heterocycles. The minimum atomic E-state index is -0.476. The van der Waals surface area contributed by atoms with Gasteiger partial charge in [0.15, 0.2) is 0 Å². The van der Waals surface area contributed by atoms with Gasteiger partial charge in [0.25, 0.3) is 0 Å². The second-order valence-electron chi connectivity index (χ2n) is 7.80. The molecule has 124 valence electrons. The Balaban J connectivity index is 1.60. The normalized spacial score (nSPS) is 24.6. The predicted octanol–water partition coefficient (Wildman–Crippen LogP) is 2.62. The third-order valence-electron chi connectivity index (χ3n) is 4.74. The number of amides is 2. The van der Waals surface area contributed by atoms with E-state index in [1.807, 2.05) is 25.7 Å². The van der Waals surface area contributed by atoms with Crippen molar-refractivity contribution in [2.75, 3.05) is 26.2 Å². The molecule has 1 saturated carbocycles. The molecule has 6 heteroatoms. The van der Waals surface area contributed by atoms with Crippen LogP contribution in [0.1, 0.15) is 46.5 Å². The summed E-state index contributed by atoms with van der Waals surface area (Å²) in [7, 11) is 0. The number of cyclic esters (lactones) is 1. The van der Waals surface area contributed by atoms with Crippen LogP contribution in [0, 0.1) is 5.92 Å². The Hall–Kier alpha value is -1.46. The highest BCUT2D eigenvalue weighted by Gasteiger charge is 2.50. The van der Waals surface area contributed by atoms with E-state index >= 15 is 0 Å². The van der Waals surface area contributed by atoms with Crippen molar-refractivity contribution in [3.8, 4) is 0 Å². The van der Waals surface area contributed by atoms with Crippen LogP contribution in [0.25, 0.3) is 0 Å². The topological polar surface area (TPSA) is 59.1 Å². The van der Waals surface area contributed by atoms with Crippen LogP contribution in [0.15, 0.2) is 0 Å². The van der Waals surface area contributed by atoms with E-state index in [9.17, 15) is 9.59 Å². The summed E-state index contributed by atoms with van der Waals surface area (Å²) in [5.41, 5.74) is -0.686. The smallest absolute Gasteiger partial charge is 0.410 e. The molecule has 2 amide bonds. The first-order chi connectivity index (χ1) is 10.3. The van der Waals surface area contributed by atoms with E-state index in [1.54, 1.807) is 4.90 Å². The van der Waals surface area contributed by atoms with Gasteiger partial charge in [-0.25, -0.2) is 9.59 Å². The van der Waals surface area contributed by atoms with Crippen LogP contribution >= 0.6 is 0 Å². The van der Waals surface area contributed by atoms with Gasteiger partial charge in [-0.2, -0.15) is 0 Å². The summed E-state index contributed by atoms with van der Waals surface area (Å²) < 4.78 is 10.7. The van der Waals surface area contributed by atoms with E-state index in [-0.39, 0.29) is 17.7 Å². The molecular formula is C16H26N2O4. The van der Waals surface area contributed by atoms with Gasteiger partial charge < -0.3 is 14.4 Å². The molecule has 0 aromatic carbocycles. The lowest BCUT2D eigenvalue weighted by Crippen LogP contribution is -2.56. The minimum Gasteiger partial charge on any atom is -0.447 e. The Morgan fingerprint density at radius 1 is 1.32 bits per heavy atom. The zero-order valence-electron chi connectivity index (χ0n) is 13.8. The monoisotopic (exact) mass is 310 g/mol. The summed E-state index contributed by atoms with van der Waals surface area (Å²) in [6.07, 6.45) is 3.52. The fourth-order valence-electron chi connectivity index (χ4n) is 3.22. The molecule has 3 aliphatic rings. The number of likely N-dealkylation sites (tertiary alicyclic amines) is 1. The first-order valence-corrected chi connectivity index (χ1v) is 8.21. The maximum absolute atomic E-state index is 12.1. The number of piperidine rings is 1. The van der Waals surface area contributed by atoms with Gasteiger partial charge in [-0.05, 0) is 52.4 Å². The molecular weight excluding hydrogens is 284 g/mol. The molecule has 0 aromatic rings. The van der Waals surface area contributed by atoms with E-state index in [0.29, 0.717) is 25.6 Å². The highest BCUT2D eigenvalue weighted by Crippen LogP contribution is 2.39. The Kier molecular flexibility index (Phi) is 3.73. The van der Waals surface area contributed by atoms with E-state index in [2.05, 4.69) is 0 Å². The number of rotatable bonds is 2. The fraction of sp³-hybridized carbons (Fsp3) is 0.875. The van der Waals surface area contributed by atoms with Crippen molar-refractivity contribution in [2.24, 2.45) is 5.92 Å². The van der Waals surface area contributed by atoms with Crippen LogP contribution in [-0.4, -0.2) is 59.4 Å². The fourth-order valence-corrected chi connectivity index (χ4v) is 3.22. The lowest BCUT2D eigenvalue weighted by molar-refractivity contribution is 0.00679. The summed E-state index contributed by atoms with van der Waals surface area (Å²) in [4.78, 5) is 27.8. The molecule has 22 heavy (non-hydrogen) atoms. The molecule has 1 aliphatic carbocycles. The molecule has 6 nitrogen and oxygen atoms in total. The van der Waals surface area contributed by atoms with E-state index < -0.39 is 5.60 Å². The Morgan fingerprint density at radius 3 is 2.50 bits per heavy atom. The second kappa shape index (κ2) is 5.32. The van der Waals surface area contributed by atoms with Crippen LogP contribution in [0.2, 0.25) is 0 Å². The van der Waals surface area contributed by atoms with Gasteiger partial charge in [-0.3, -0.25) is 4.90 Å². The zero-order valence-corrected chi connectivity index (χ0v) is 13.8. The minimum absolute atomic E-state index is 0.183. The lowest BCUT2D eigenvalue weighted by Gasteiger charge is -2.42. The molecule has 2 heterocycles. The maximum atomic E-state index is 12.1. The first kappa shape index (κ1) is 15.4. The number of hydrogen-bond acceptors (Lipinski definition) is 4. The van der Waals surface area contributed by atoms with E-state index in [1.165, 1.54) is 12.8 Å². The number of nitrogens with zero attached hydrogens (tertiary/aromatic N) is 2. The van der Waals surface area contributed by atoms with Crippen molar-refractivity contribution in [2.45, 2.75) is 57.6 Å². The summed E-state index contributed by atoms with van der Waals surface area (Å²) >= 11 is 0. The van der Waals surface area contributed by atoms with Crippen molar-refractivity contribution in [1.82, 2.24) is 9.80 Å². The van der Waals surface area contributed by atoms with Gasteiger partial charge in [0, 0.05) is 19.6 Å². The van der Waals surface area contributed by atoms with E-state index in [4.69, 9.17) is 9.47 Å². The van der Waals surface area contributed by atoms with Gasteiger partial charge in [0.2, 0.25) is 0 Å². The molecule has 3 rings (SSSR count). The number of carbonyl (C=O) groups excluding carboxylic acids is 2. The summed E-state index contributed by atoms with van der Waals surface area (Å²) in [5, 5.41) is 0. The number of carbonyl (C=O) groups is 2. The van der Waals surface area contributed by atoms with Gasteiger partial charge >= 0.3 is 12.2 Å². The molecule has 0 bridgehead atoms. The molecule has 0 radical (unpaired) electrons. The molecule has 0 unspecified atom stereocenters. The van der Waals surface area contributed by atoms with Crippen LogP contribution < -0.4 is 0 Å². The first-order valence-electron chi connectivity index (χ1n) is 8.21. The third-order valence-corrected chi connectivity index (χ3v) is 4.74. The number of hydrogen-bond donors (Lipinski definition) is 0. The average Bonchev–Trinajstić information content (AvgIpc) is 3.20. The third kappa shape index (κ3) is 3.15. The van der Waals surface area contributed by atoms with Gasteiger partial charge in [0.05, 0.1) is 5.54 Å². The van der Waals surface area contributed by atoms with Crippen molar-refractivity contribution in [3.63, 3.8) is 0 Å². The zero-order chi connectivity index (χ0) is 16.0. The van der Waals surface area contributed by atoms with Crippen LogP contribution in [0.3, 0.4) is 0 Å². The maximum Gasteiger partial charge on any atom is 0.410 e. The SMILES string of the molecule is CC(C)(C)OC(=O)N1CCC2(CC1)COC(=O)N2CC1CC1. The summed E-state index contributed by atoms with van der Waals surface area (Å²) in [6, 6.07) is 0. The highest BCUT2D eigenvalue weighted by molar-refractivity contribution is 5.72. The molecule has 3 fully saturated rings. The quantitative estimate of drug-likeness (QED) is 0.786. The van der Waals surface area contributed by atoms with Crippen LogP contribution in [-0.2, 0) is 9.47 Å². The van der Waals surface area contributed by atoms with Gasteiger partial charge in [-0.15, -0.1) is 0 Å². The molecule has 1 spiro atoms. The molecule has 2 aliphatic heterocycles. The van der Waals surface area contributed by atoms with Crippen molar-refractivity contribution < 1.29 is 19.1 Å². The summed E-state index contributed by atoms with van der Waals surface area (Å²) in [6.45, 7) is 8.12. The van der Waals surface area contributed by atoms with Crippen LogP contribution in [0.5, 0.6) is 0 Å². The van der Waals surface area contributed by atoms with Crippen LogP contribution in [0.4, 0.5) is 9.59 Å². The van der Waals surface area contributed by atoms with Gasteiger partial charge in [-0.1, -0.05) is 0 Å². The predicted molar refractivity (Wildman–Crippen MR) is 80.6 cm³/mol. The Bertz CT molecular complexity index is 459. The van der Waals surface area contributed by atoms with E-state index in [0.717, 1.165) is 19.4 Å². The van der Waals surface area contributed by atoms with Crippen molar-refractivity contribution in [3.05, 3.63) is 0 Å². The average molecular weight is 310 g/mol. The van der Waals surface area contributed by atoms with Gasteiger partial charge in [0.1, 0.15) is 12.2 Å². The molecule has 0 atom stereocenters. The molecule has 0 N–H and O–H groups in total. The van der Waals surface area contributed by atoms with Crippen molar-refractivity contribution >= 4 is 12.2 Å².